The Bertz CT molecular complexity index is 490. The van der Waals surface area contributed by atoms with Crippen LogP contribution >= 0.6 is 0 Å². The van der Waals surface area contributed by atoms with E-state index in [0.717, 1.165) is 5.56 Å². The lowest BCUT2D eigenvalue weighted by atomic mass is 10.1. The van der Waals surface area contributed by atoms with Gasteiger partial charge in [-0.05, 0) is 17.7 Å². The number of hydrogen-bond donors (Lipinski definition) is 1. The number of halogens is 1. The number of benzene rings is 1. The zero-order valence-corrected chi connectivity index (χ0v) is 10.1. The van der Waals surface area contributed by atoms with Crippen LogP contribution in [0.4, 0.5) is 10.2 Å². The number of nitrogens with zero attached hydrogens (tertiary/aromatic N) is 1. The lowest BCUT2D eigenvalue weighted by Crippen LogP contribution is -2.17. The van der Waals surface area contributed by atoms with Crippen LogP contribution in [-0.4, -0.2) is 18.7 Å². The monoisotopic (exact) mass is 246 g/mol. The Morgan fingerprint density at radius 2 is 2.00 bits per heavy atom. The first-order chi connectivity index (χ1) is 8.81. The molecule has 0 bridgehead atoms. The smallest absolute Gasteiger partial charge is 0.165 e. The lowest BCUT2D eigenvalue weighted by molar-refractivity contribution is 0.186. The summed E-state index contributed by atoms with van der Waals surface area (Å²) in [4.78, 5) is 3.98. The van der Waals surface area contributed by atoms with E-state index >= 15 is 0 Å². The van der Waals surface area contributed by atoms with Crippen LogP contribution in [0.25, 0.3) is 0 Å². The highest BCUT2D eigenvalue weighted by Crippen LogP contribution is 2.20. The molecule has 0 spiro atoms. The molecular formula is C14H15FN2O. The predicted molar refractivity (Wildman–Crippen MR) is 68.9 cm³/mol. The highest BCUT2D eigenvalue weighted by molar-refractivity contribution is 5.39. The van der Waals surface area contributed by atoms with Crippen LogP contribution in [0.1, 0.15) is 11.6 Å². The molecule has 2 aromatic rings. The van der Waals surface area contributed by atoms with Crippen LogP contribution in [0, 0.1) is 5.82 Å². The maximum absolute atomic E-state index is 13.5. The standard InChI is InChI=1S/C14H15FN2O/c1-18-10-13(11-6-3-2-4-7-11)17-14-12(15)8-5-9-16-14/h2-9,13H,10H2,1H3,(H,16,17)/t13-/m0/s1. The fourth-order valence-corrected chi connectivity index (χ4v) is 1.73. The molecule has 0 saturated heterocycles. The van der Waals surface area contributed by atoms with Crippen molar-refractivity contribution in [3.8, 4) is 0 Å². The molecule has 0 aliphatic heterocycles. The van der Waals surface area contributed by atoms with Gasteiger partial charge < -0.3 is 10.1 Å². The topological polar surface area (TPSA) is 34.1 Å². The SMILES string of the molecule is COC[C@H](Nc1ncccc1F)c1ccccc1. The molecule has 1 aromatic carbocycles. The molecule has 2 rings (SSSR count). The lowest BCUT2D eigenvalue weighted by Gasteiger charge is -2.19. The van der Waals surface area contributed by atoms with Crippen LogP contribution in [-0.2, 0) is 4.74 Å². The summed E-state index contributed by atoms with van der Waals surface area (Å²) in [5.74, 6) is -0.127. The summed E-state index contributed by atoms with van der Waals surface area (Å²) in [6, 6.07) is 12.6. The second-order valence-electron chi connectivity index (χ2n) is 3.90. The molecule has 94 valence electrons. The zero-order chi connectivity index (χ0) is 12.8. The molecule has 0 amide bonds. The Hall–Kier alpha value is -1.94. The summed E-state index contributed by atoms with van der Waals surface area (Å²) in [6.45, 7) is 0.444. The molecule has 18 heavy (non-hydrogen) atoms. The number of anilines is 1. The molecule has 1 heterocycles. The minimum Gasteiger partial charge on any atom is -0.382 e. The van der Waals surface area contributed by atoms with Gasteiger partial charge in [0.25, 0.3) is 0 Å². The Morgan fingerprint density at radius 1 is 1.22 bits per heavy atom. The van der Waals surface area contributed by atoms with Gasteiger partial charge >= 0.3 is 0 Å². The van der Waals surface area contributed by atoms with Crippen molar-refractivity contribution in [2.45, 2.75) is 6.04 Å². The van der Waals surface area contributed by atoms with Crippen molar-refractivity contribution in [1.29, 1.82) is 0 Å². The average molecular weight is 246 g/mol. The van der Waals surface area contributed by atoms with E-state index in [4.69, 9.17) is 4.74 Å². The third-order valence-electron chi connectivity index (χ3n) is 2.60. The van der Waals surface area contributed by atoms with Crippen LogP contribution in [0.2, 0.25) is 0 Å². The molecule has 1 N–H and O–H groups in total. The van der Waals surface area contributed by atoms with E-state index in [-0.39, 0.29) is 17.7 Å². The molecule has 3 nitrogen and oxygen atoms in total. The minimum atomic E-state index is -0.366. The molecule has 0 fully saturated rings. The van der Waals surface area contributed by atoms with Gasteiger partial charge in [0, 0.05) is 13.3 Å². The highest BCUT2D eigenvalue weighted by atomic mass is 19.1. The van der Waals surface area contributed by atoms with Gasteiger partial charge in [-0.15, -0.1) is 0 Å². The number of rotatable bonds is 5. The molecule has 1 aromatic heterocycles. The zero-order valence-electron chi connectivity index (χ0n) is 10.1. The first-order valence-corrected chi connectivity index (χ1v) is 5.72. The summed E-state index contributed by atoms with van der Waals surface area (Å²) in [6.07, 6.45) is 1.56. The largest absolute Gasteiger partial charge is 0.382 e. The maximum atomic E-state index is 13.5. The Balaban J connectivity index is 2.19. The number of ether oxygens (including phenoxy) is 1. The van der Waals surface area contributed by atoms with Crippen molar-refractivity contribution in [3.05, 3.63) is 60.0 Å². The van der Waals surface area contributed by atoms with Crippen LogP contribution in [0.15, 0.2) is 48.7 Å². The maximum Gasteiger partial charge on any atom is 0.165 e. The van der Waals surface area contributed by atoms with Gasteiger partial charge in [-0.25, -0.2) is 9.37 Å². The van der Waals surface area contributed by atoms with Gasteiger partial charge in [0.05, 0.1) is 12.6 Å². The van der Waals surface area contributed by atoms with E-state index in [1.54, 1.807) is 19.4 Å². The quantitative estimate of drug-likeness (QED) is 0.880. The van der Waals surface area contributed by atoms with Gasteiger partial charge in [0.1, 0.15) is 0 Å². The van der Waals surface area contributed by atoms with Crippen LogP contribution in [0.5, 0.6) is 0 Å². The first-order valence-electron chi connectivity index (χ1n) is 5.72. The Labute approximate surface area is 106 Å². The van der Waals surface area contributed by atoms with E-state index in [1.165, 1.54) is 6.07 Å². The normalized spacial score (nSPS) is 12.1. The second-order valence-corrected chi connectivity index (χ2v) is 3.90. The van der Waals surface area contributed by atoms with E-state index < -0.39 is 0 Å². The molecule has 0 radical (unpaired) electrons. The summed E-state index contributed by atoms with van der Waals surface area (Å²) in [5, 5.41) is 3.05. The van der Waals surface area contributed by atoms with Crippen molar-refractivity contribution in [2.24, 2.45) is 0 Å². The third-order valence-corrected chi connectivity index (χ3v) is 2.60. The fraction of sp³-hybridized carbons (Fsp3) is 0.214. The number of pyridine rings is 1. The Kier molecular flexibility index (Phi) is 4.25. The van der Waals surface area contributed by atoms with Gasteiger partial charge in [-0.1, -0.05) is 30.3 Å². The summed E-state index contributed by atoms with van der Waals surface area (Å²) in [7, 11) is 1.62. The van der Waals surface area contributed by atoms with Gasteiger partial charge in [-0.2, -0.15) is 0 Å². The van der Waals surface area contributed by atoms with Gasteiger partial charge in [0.2, 0.25) is 0 Å². The van der Waals surface area contributed by atoms with Crippen molar-refractivity contribution in [3.63, 3.8) is 0 Å². The van der Waals surface area contributed by atoms with E-state index in [0.29, 0.717) is 6.61 Å². The molecule has 0 saturated carbocycles. The third kappa shape index (κ3) is 3.05. The number of methoxy groups -OCH3 is 1. The van der Waals surface area contributed by atoms with Gasteiger partial charge in [-0.3, -0.25) is 0 Å². The molecule has 1 atom stereocenters. The van der Waals surface area contributed by atoms with Gasteiger partial charge in [0.15, 0.2) is 11.6 Å². The van der Waals surface area contributed by atoms with E-state index in [1.807, 2.05) is 30.3 Å². The number of nitrogens with one attached hydrogen (secondary N) is 1. The predicted octanol–water partition coefficient (Wildman–Crippen LogP) is 3.02. The van der Waals surface area contributed by atoms with Crippen LogP contribution < -0.4 is 5.32 Å². The average Bonchev–Trinajstić information content (AvgIpc) is 2.42. The molecule has 0 aliphatic rings. The number of aromatic nitrogens is 1. The summed E-state index contributed by atoms with van der Waals surface area (Å²) >= 11 is 0. The van der Waals surface area contributed by atoms with Crippen molar-refractivity contribution in [1.82, 2.24) is 4.98 Å². The minimum absolute atomic E-state index is 0.124. The molecule has 0 aliphatic carbocycles. The summed E-state index contributed by atoms with van der Waals surface area (Å²) in [5.41, 5.74) is 1.03. The highest BCUT2D eigenvalue weighted by Gasteiger charge is 2.13. The van der Waals surface area contributed by atoms with E-state index in [9.17, 15) is 4.39 Å². The number of hydrogen-bond acceptors (Lipinski definition) is 3. The van der Waals surface area contributed by atoms with Crippen molar-refractivity contribution >= 4 is 5.82 Å². The van der Waals surface area contributed by atoms with E-state index in [2.05, 4.69) is 10.3 Å². The molecule has 4 heteroatoms. The fourth-order valence-electron chi connectivity index (χ4n) is 1.73. The molecule has 0 unspecified atom stereocenters. The Morgan fingerprint density at radius 3 is 2.67 bits per heavy atom. The summed E-state index contributed by atoms with van der Waals surface area (Å²) < 4.78 is 18.7. The second kappa shape index (κ2) is 6.12. The van der Waals surface area contributed by atoms with Crippen molar-refractivity contribution < 1.29 is 9.13 Å². The van der Waals surface area contributed by atoms with Crippen molar-refractivity contribution in [2.75, 3.05) is 19.0 Å². The first kappa shape index (κ1) is 12.5. The van der Waals surface area contributed by atoms with Crippen LogP contribution in [0.3, 0.4) is 0 Å². The molecular weight excluding hydrogens is 231 g/mol.